The second kappa shape index (κ2) is 8.13. The second-order valence-electron chi connectivity index (χ2n) is 6.87. The van der Waals surface area contributed by atoms with Gasteiger partial charge in [-0.1, -0.05) is 19.9 Å². The Kier molecular flexibility index (Phi) is 6.42. The van der Waals surface area contributed by atoms with Crippen LogP contribution in [0.3, 0.4) is 0 Å². The summed E-state index contributed by atoms with van der Waals surface area (Å²) in [6, 6.07) is 5.94. The van der Waals surface area contributed by atoms with Crippen molar-refractivity contribution in [2.24, 2.45) is 10.4 Å². The number of rotatable bonds is 4. The Morgan fingerprint density at radius 1 is 1.33 bits per heavy atom. The summed E-state index contributed by atoms with van der Waals surface area (Å²) in [6.45, 7) is 10.5. The summed E-state index contributed by atoms with van der Waals surface area (Å²) in [4.78, 5) is 7.16. The first-order chi connectivity index (χ1) is 11.1. The number of aromatic nitrogens is 3. The largest absolute Gasteiger partial charge is 0.357 e. The quantitative estimate of drug-likeness (QED) is 0.450. The van der Waals surface area contributed by atoms with Crippen LogP contribution in [0.4, 0.5) is 0 Å². The van der Waals surface area contributed by atoms with E-state index < -0.39 is 0 Å². The monoisotopic (exact) mass is 442 g/mol. The third-order valence-electron chi connectivity index (χ3n) is 4.29. The standard InChI is InChI=1S/C17H26N6.HI/c1-4-18-16(22-12-9-17(2,3)13-22)19-10-8-15-21-20-14-7-5-6-11-23(14)15;/h5-7,11H,4,8-10,12-13H2,1-3H3,(H,18,19);1H. The number of fused-ring (bicyclic) bond motifs is 1. The van der Waals surface area contributed by atoms with Crippen LogP contribution in [0.2, 0.25) is 0 Å². The van der Waals surface area contributed by atoms with Crippen molar-refractivity contribution in [1.82, 2.24) is 24.8 Å². The third kappa shape index (κ3) is 4.37. The van der Waals surface area contributed by atoms with Crippen molar-refractivity contribution in [2.45, 2.75) is 33.6 Å². The fraction of sp³-hybridized carbons (Fsp3) is 0.588. The van der Waals surface area contributed by atoms with Crippen molar-refractivity contribution in [1.29, 1.82) is 0 Å². The predicted octanol–water partition coefficient (Wildman–Crippen LogP) is 2.59. The summed E-state index contributed by atoms with van der Waals surface area (Å²) in [5.74, 6) is 1.98. The molecule has 1 N–H and O–H groups in total. The molecule has 1 saturated heterocycles. The molecule has 1 aliphatic rings. The van der Waals surface area contributed by atoms with E-state index in [-0.39, 0.29) is 24.0 Å². The summed E-state index contributed by atoms with van der Waals surface area (Å²) >= 11 is 0. The van der Waals surface area contributed by atoms with E-state index in [1.165, 1.54) is 6.42 Å². The lowest BCUT2D eigenvalue weighted by Gasteiger charge is -2.23. The van der Waals surface area contributed by atoms with Crippen LogP contribution in [-0.4, -0.2) is 51.6 Å². The fourth-order valence-electron chi connectivity index (χ4n) is 3.04. The molecule has 1 fully saturated rings. The van der Waals surface area contributed by atoms with Gasteiger partial charge in [0.2, 0.25) is 0 Å². The van der Waals surface area contributed by atoms with Crippen LogP contribution >= 0.6 is 24.0 Å². The number of aliphatic imine (C=N–C) groups is 1. The first kappa shape index (κ1) is 19.0. The zero-order valence-electron chi connectivity index (χ0n) is 14.7. The molecule has 0 radical (unpaired) electrons. The number of nitrogens with one attached hydrogen (secondary N) is 1. The SMILES string of the molecule is CCNC(=NCCc1nnc2ccccn12)N1CCC(C)(C)C1.I. The molecule has 6 nitrogen and oxygen atoms in total. The topological polar surface area (TPSA) is 57.8 Å². The molecule has 0 aromatic carbocycles. The lowest BCUT2D eigenvalue weighted by atomic mass is 9.93. The Bertz CT molecular complexity index is 693. The number of halogens is 1. The number of nitrogens with zero attached hydrogens (tertiary/aromatic N) is 5. The first-order valence-electron chi connectivity index (χ1n) is 8.41. The van der Waals surface area contributed by atoms with Gasteiger partial charge in [-0.05, 0) is 30.9 Å². The van der Waals surface area contributed by atoms with E-state index in [2.05, 4.69) is 41.2 Å². The minimum Gasteiger partial charge on any atom is -0.357 e. The van der Waals surface area contributed by atoms with E-state index >= 15 is 0 Å². The Labute approximate surface area is 160 Å². The summed E-state index contributed by atoms with van der Waals surface area (Å²) < 4.78 is 2.03. The highest BCUT2D eigenvalue weighted by Gasteiger charge is 2.30. The predicted molar refractivity (Wildman–Crippen MR) is 108 cm³/mol. The van der Waals surface area contributed by atoms with Gasteiger partial charge in [-0.3, -0.25) is 9.39 Å². The normalized spacial score (nSPS) is 17.1. The Morgan fingerprint density at radius 2 is 2.17 bits per heavy atom. The van der Waals surface area contributed by atoms with Gasteiger partial charge in [0.05, 0.1) is 0 Å². The van der Waals surface area contributed by atoms with E-state index in [1.807, 2.05) is 28.8 Å². The summed E-state index contributed by atoms with van der Waals surface area (Å²) in [7, 11) is 0. The molecular weight excluding hydrogens is 415 g/mol. The average Bonchev–Trinajstić information content (AvgIpc) is 3.10. The molecule has 1 aliphatic heterocycles. The van der Waals surface area contributed by atoms with Gasteiger partial charge in [0.1, 0.15) is 5.82 Å². The zero-order valence-corrected chi connectivity index (χ0v) is 17.0. The maximum absolute atomic E-state index is 4.79. The molecule has 2 aromatic heterocycles. The van der Waals surface area contributed by atoms with Crippen LogP contribution in [0.5, 0.6) is 0 Å². The van der Waals surface area contributed by atoms with Crippen LogP contribution in [0.25, 0.3) is 5.65 Å². The Morgan fingerprint density at radius 3 is 2.88 bits per heavy atom. The Hall–Kier alpha value is -1.38. The van der Waals surface area contributed by atoms with E-state index in [0.29, 0.717) is 5.41 Å². The van der Waals surface area contributed by atoms with Crippen molar-refractivity contribution < 1.29 is 0 Å². The Balaban J connectivity index is 0.00000208. The van der Waals surface area contributed by atoms with Gasteiger partial charge in [-0.25, -0.2) is 0 Å². The molecule has 0 saturated carbocycles. The smallest absolute Gasteiger partial charge is 0.193 e. The molecule has 0 amide bonds. The lowest BCUT2D eigenvalue weighted by Crippen LogP contribution is -2.40. The van der Waals surface area contributed by atoms with Crippen molar-refractivity contribution in [2.75, 3.05) is 26.2 Å². The van der Waals surface area contributed by atoms with Gasteiger partial charge in [-0.2, -0.15) is 0 Å². The maximum atomic E-state index is 4.79. The zero-order chi connectivity index (χ0) is 16.3. The highest BCUT2D eigenvalue weighted by atomic mass is 127. The van der Waals surface area contributed by atoms with Crippen LogP contribution < -0.4 is 5.32 Å². The van der Waals surface area contributed by atoms with E-state index in [0.717, 1.165) is 50.0 Å². The van der Waals surface area contributed by atoms with Crippen LogP contribution in [0.1, 0.15) is 33.0 Å². The molecule has 3 rings (SSSR count). The summed E-state index contributed by atoms with van der Waals surface area (Å²) in [5.41, 5.74) is 1.26. The number of hydrogen-bond donors (Lipinski definition) is 1. The third-order valence-corrected chi connectivity index (χ3v) is 4.29. The molecule has 24 heavy (non-hydrogen) atoms. The average molecular weight is 442 g/mol. The minimum absolute atomic E-state index is 0. The van der Waals surface area contributed by atoms with Crippen LogP contribution in [-0.2, 0) is 6.42 Å². The molecule has 0 bridgehead atoms. The minimum atomic E-state index is 0. The molecule has 0 unspecified atom stereocenters. The van der Waals surface area contributed by atoms with Gasteiger partial charge in [0.15, 0.2) is 11.6 Å². The number of pyridine rings is 1. The second-order valence-corrected chi connectivity index (χ2v) is 6.87. The molecule has 3 heterocycles. The maximum Gasteiger partial charge on any atom is 0.193 e. The molecule has 0 aliphatic carbocycles. The van der Waals surface area contributed by atoms with E-state index in [4.69, 9.17) is 4.99 Å². The molecule has 0 spiro atoms. The van der Waals surface area contributed by atoms with Gasteiger partial charge in [0.25, 0.3) is 0 Å². The van der Waals surface area contributed by atoms with E-state index in [1.54, 1.807) is 0 Å². The highest BCUT2D eigenvalue weighted by Crippen LogP contribution is 2.28. The van der Waals surface area contributed by atoms with Gasteiger partial charge >= 0.3 is 0 Å². The van der Waals surface area contributed by atoms with Crippen LogP contribution in [0.15, 0.2) is 29.4 Å². The number of guanidine groups is 1. The first-order valence-corrected chi connectivity index (χ1v) is 8.41. The van der Waals surface area contributed by atoms with Gasteiger partial charge in [-0.15, -0.1) is 34.2 Å². The van der Waals surface area contributed by atoms with Crippen molar-refractivity contribution in [3.63, 3.8) is 0 Å². The molecule has 7 heteroatoms. The summed E-state index contributed by atoms with van der Waals surface area (Å²) in [5, 5.41) is 11.9. The fourth-order valence-corrected chi connectivity index (χ4v) is 3.04. The highest BCUT2D eigenvalue weighted by molar-refractivity contribution is 14.0. The molecule has 132 valence electrons. The molecule has 2 aromatic rings. The van der Waals surface area contributed by atoms with Gasteiger partial charge in [0, 0.05) is 38.8 Å². The number of likely N-dealkylation sites (tertiary alicyclic amines) is 1. The van der Waals surface area contributed by atoms with Crippen molar-refractivity contribution >= 4 is 35.6 Å². The van der Waals surface area contributed by atoms with E-state index in [9.17, 15) is 0 Å². The number of hydrogen-bond acceptors (Lipinski definition) is 3. The van der Waals surface area contributed by atoms with Gasteiger partial charge < -0.3 is 10.2 Å². The van der Waals surface area contributed by atoms with Crippen molar-refractivity contribution in [3.8, 4) is 0 Å². The van der Waals surface area contributed by atoms with Crippen molar-refractivity contribution in [3.05, 3.63) is 30.2 Å². The van der Waals surface area contributed by atoms with Crippen LogP contribution in [0, 0.1) is 5.41 Å². The molecular formula is C17H27IN6. The lowest BCUT2D eigenvalue weighted by molar-refractivity contribution is 0.370. The molecule has 0 atom stereocenters. The summed E-state index contributed by atoms with van der Waals surface area (Å²) in [6.07, 6.45) is 4.01.